The zero-order valence-electron chi connectivity index (χ0n) is 10.1. The minimum atomic E-state index is -0.999. The maximum absolute atomic E-state index is 11.8. The van der Waals surface area contributed by atoms with Crippen molar-refractivity contribution in [2.75, 3.05) is 26.7 Å². The summed E-state index contributed by atoms with van der Waals surface area (Å²) in [5.41, 5.74) is 0. The number of aliphatic carboxylic acids is 1. The summed E-state index contributed by atoms with van der Waals surface area (Å²) in [7, 11) is 1.62. The molecule has 0 fully saturated rings. The number of carboxylic acid groups (broad SMARTS) is 1. The normalized spacial score (nSPS) is 10.0. The minimum Gasteiger partial charge on any atom is -0.480 e. The molecule has 0 heterocycles. The van der Waals surface area contributed by atoms with Crippen molar-refractivity contribution in [1.29, 1.82) is 0 Å². The highest BCUT2D eigenvalue weighted by Gasteiger charge is 2.20. The van der Waals surface area contributed by atoms with Gasteiger partial charge in [-0.15, -0.1) is 6.58 Å². The first-order chi connectivity index (χ1) is 7.38. The standard InChI is InChI=1S/C11H20N2O3/c1-5-6-12(4)11(16)13(7-9(2)3)8-10(14)15/h5,9H,1,6-8H2,2-4H3,(H,14,15). The lowest BCUT2D eigenvalue weighted by molar-refractivity contribution is -0.137. The molecular weight excluding hydrogens is 208 g/mol. The quantitative estimate of drug-likeness (QED) is 0.696. The average Bonchev–Trinajstić information content (AvgIpc) is 2.14. The van der Waals surface area contributed by atoms with Crippen LogP contribution in [0.3, 0.4) is 0 Å². The molecule has 0 saturated carbocycles. The van der Waals surface area contributed by atoms with E-state index in [-0.39, 0.29) is 18.5 Å². The number of nitrogens with zero attached hydrogens (tertiary/aromatic N) is 2. The molecule has 0 rings (SSSR count). The molecule has 92 valence electrons. The Bertz CT molecular complexity index is 264. The molecule has 0 bridgehead atoms. The Labute approximate surface area is 96.3 Å². The summed E-state index contributed by atoms with van der Waals surface area (Å²) in [6, 6.07) is -0.281. The lowest BCUT2D eigenvalue weighted by atomic mass is 10.2. The predicted octanol–water partition coefficient (Wildman–Crippen LogP) is 1.27. The van der Waals surface area contributed by atoms with E-state index in [0.29, 0.717) is 13.1 Å². The van der Waals surface area contributed by atoms with Crippen LogP contribution >= 0.6 is 0 Å². The Morgan fingerprint density at radius 3 is 2.38 bits per heavy atom. The van der Waals surface area contributed by atoms with Crippen molar-refractivity contribution in [3.63, 3.8) is 0 Å². The van der Waals surface area contributed by atoms with E-state index >= 15 is 0 Å². The van der Waals surface area contributed by atoms with Crippen molar-refractivity contribution < 1.29 is 14.7 Å². The first-order valence-corrected chi connectivity index (χ1v) is 5.21. The number of hydrogen-bond donors (Lipinski definition) is 1. The van der Waals surface area contributed by atoms with Crippen molar-refractivity contribution in [2.24, 2.45) is 5.92 Å². The van der Waals surface area contributed by atoms with Crippen LogP contribution in [-0.2, 0) is 4.79 Å². The van der Waals surface area contributed by atoms with Crippen molar-refractivity contribution >= 4 is 12.0 Å². The van der Waals surface area contributed by atoms with Gasteiger partial charge in [0.15, 0.2) is 0 Å². The number of hydrogen-bond acceptors (Lipinski definition) is 2. The Morgan fingerprint density at radius 2 is 2.00 bits per heavy atom. The molecule has 0 unspecified atom stereocenters. The second kappa shape index (κ2) is 6.87. The number of amides is 2. The van der Waals surface area contributed by atoms with E-state index in [1.165, 1.54) is 9.80 Å². The van der Waals surface area contributed by atoms with Gasteiger partial charge in [-0.1, -0.05) is 19.9 Å². The van der Waals surface area contributed by atoms with Gasteiger partial charge in [0.25, 0.3) is 0 Å². The third kappa shape index (κ3) is 5.38. The summed E-state index contributed by atoms with van der Waals surface area (Å²) < 4.78 is 0. The zero-order valence-corrected chi connectivity index (χ0v) is 10.1. The monoisotopic (exact) mass is 228 g/mol. The molecule has 0 aromatic carbocycles. The molecule has 5 nitrogen and oxygen atoms in total. The SMILES string of the molecule is C=CCN(C)C(=O)N(CC(=O)O)CC(C)C. The van der Waals surface area contributed by atoms with E-state index in [9.17, 15) is 9.59 Å². The number of carbonyl (C=O) groups is 2. The molecule has 0 aliphatic carbocycles. The number of rotatable bonds is 6. The van der Waals surface area contributed by atoms with Gasteiger partial charge in [0.1, 0.15) is 6.54 Å². The van der Waals surface area contributed by atoms with Crippen LogP contribution in [0.25, 0.3) is 0 Å². The minimum absolute atomic E-state index is 0.237. The molecule has 0 aromatic rings. The summed E-state index contributed by atoms with van der Waals surface area (Å²) in [6.45, 7) is 8.00. The smallest absolute Gasteiger partial charge is 0.323 e. The fraction of sp³-hybridized carbons (Fsp3) is 0.636. The second-order valence-electron chi connectivity index (χ2n) is 4.12. The molecule has 5 heteroatoms. The van der Waals surface area contributed by atoms with E-state index in [1.807, 2.05) is 13.8 Å². The number of urea groups is 1. The van der Waals surface area contributed by atoms with Crippen LogP contribution in [-0.4, -0.2) is 53.6 Å². The van der Waals surface area contributed by atoms with Crippen molar-refractivity contribution in [1.82, 2.24) is 9.80 Å². The Morgan fingerprint density at radius 1 is 1.44 bits per heavy atom. The molecule has 0 radical (unpaired) electrons. The van der Waals surface area contributed by atoms with Crippen molar-refractivity contribution in [3.8, 4) is 0 Å². The average molecular weight is 228 g/mol. The fourth-order valence-electron chi connectivity index (χ4n) is 1.33. The number of carboxylic acids is 1. The van der Waals surface area contributed by atoms with Gasteiger partial charge in [0, 0.05) is 20.1 Å². The molecule has 0 saturated heterocycles. The lowest BCUT2D eigenvalue weighted by Crippen LogP contribution is -2.45. The van der Waals surface area contributed by atoms with Crippen LogP contribution in [0.15, 0.2) is 12.7 Å². The molecule has 0 aliphatic rings. The number of carbonyl (C=O) groups excluding carboxylic acids is 1. The first-order valence-electron chi connectivity index (χ1n) is 5.21. The Kier molecular flexibility index (Phi) is 6.22. The van der Waals surface area contributed by atoms with E-state index in [0.717, 1.165) is 0 Å². The number of likely N-dealkylation sites (N-methyl/N-ethyl adjacent to an activating group) is 1. The van der Waals surface area contributed by atoms with Crippen LogP contribution in [0.4, 0.5) is 4.79 Å². The summed E-state index contributed by atoms with van der Waals surface area (Å²) in [6.07, 6.45) is 1.60. The lowest BCUT2D eigenvalue weighted by Gasteiger charge is -2.27. The summed E-state index contributed by atoms with van der Waals surface area (Å²) >= 11 is 0. The van der Waals surface area contributed by atoms with Gasteiger partial charge in [0.2, 0.25) is 0 Å². The molecule has 0 aliphatic heterocycles. The van der Waals surface area contributed by atoms with Crippen molar-refractivity contribution in [3.05, 3.63) is 12.7 Å². The van der Waals surface area contributed by atoms with Gasteiger partial charge in [0.05, 0.1) is 0 Å². The van der Waals surface area contributed by atoms with Gasteiger partial charge in [-0.25, -0.2) is 4.79 Å². The summed E-state index contributed by atoms with van der Waals surface area (Å²) in [5, 5.41) is 8.72. The van der Waals surface area contributed by atoms with Crippen LogP contribution in [0, 0.1) is 5.92 Å². The van der Waals surface area contributed by atoms with Gasteiger partial charge in [-0.3, -0.25) is 4.79 Å². The highest BCUT2D eigenvalue weighted by atomic mass is 16.4. The van der Waals surface area contributed by atoms with Crippen molar-refractivity contribution in [2.45, 2.75) is 13.8 Å². The van der Waals surface area contributed by atoms with Gasteiger partial charge < -0.3 is 14.9 Å². The highest BCUT2D eigenvalue weighted by molar-refractivity contribution is 5.80. The summed E-state index contributed by atoms with van der Waals surface area (Å²) in [4.78, 5) is 25.3. The predicted molar refractivity (Wildman–Crippen MR) is 62.3 cm³/mol. The Hall–Kier alpha value is -1.52. The topological polar surface area (TPSA) is 60.9 Å². The maximum atomic E-state index is 11.8. The molecule has 0 spiro atoms. The molecule has 0 atom stereocenters. The van der Waals surface area contributed by atoms with E-state index in [4.69, 9.17) is 5.11 Å². The van der Waals surface area contributed by atoms with Crippen LogP contribution in [0.2, 0.25) is 0 Å². The van der Waals surface area contributed by atoms with Gasteiger partial charge in [-0.05, 0) is 5.92 Å². The third-order valence-corrected chi connectivity index (χ3v) is 1.91. The fourth-order valence-corrected chi connectivity index (χ4v) is 1.33. The van der Waals surface area contributed by atoms with E-state index in [2.05, 4.69) is 6.58 Å². The summed E-state index contributed by atoms with van der Waals surface area (Å²) in [5.74, 6) is -0.763. The molecule has 2 amide bonds. The van der Waals surface area contributed by atoms with Crippen LogP contribution < -0.4 is 0 Å². The van der Waals surface area contributed by atoms with Gasteiger partial charge >= 0.3 is 12.0 Å². The first kappa shape index (κ1) is 14.5. The Balaban J connectivity index is 4.53. The van der Waals surface area contributed by atoms with Crippen LogP contribution in [0.5, 0.6) is 0 Å². The molecule has 1 N–H and O–H groups in total. The van der Waals surface area contributed by atoms with E-state index < -0.39 is 5.97 Å². The largest absolute Gasteiger partial charge is 0.480 e. The second-order valence-corrected chi connectivity index (χ2v) is 4.12. The maximum Gasteiger partial charge on any atom is 0.323 e. The van der Waals surface area contributed by atoms with Gasteiger partial charge in [-0.2, -0.15) is 0 Å². The molecule has 0 aromatic heterocycles. The van der Waals surface area contributed by atoms with E-state index in [1.54, 1.807) is 13.1 Å². The molecule has 16 heavy (non-hydrogen) atoms. The van der Waals surface area contributed by atoms with Crippen LogP contribution in [0.1, 0.15) is 13.8 Å². The molecular formula is C11H20N2O3. The third-order valence-electron chi connectivity index (χ3n) is 1.91. The highest BCUT2D eigenvalue weighted by Crippen LogP contribution is 2.03. The zero-order chi connectivity index (χ0) is 12.7.